The third-order valence-electron chi connectivity index (χ3n) is 9.29. The summed E-state index contributed by atoms with van der Waals surface area (Å²) in [5.74, 6) is 0. The number of benzene rings is 3. The summed E-state index contributed by atoms with van der Waals surface area (Å²) in [4.78, 5) is 2.63. The van der Waals surface area contributed by atoms with Crippen molar-refractivity contribution in [2.45, 2.75) is 83.0 Å². The Labute approximate surface area is 260 Å². The second-order valence-electron chi connectivity index (χ2n) is 12.0. The molecule has 1 atom stereocenters. The first-order valence-electron chi connectivity index (χ1n) is 16.0. The molecule has 1 saturated heterocycles. The molecular formula is C39H47ClN2. The lowest BCUT2D eigenvalue weighted by molar-refractivity contribution is 0.243. The van der Waals surface area contributed by atoms with Crippen molar-refractivity contribution in [2.75, 3.05) is 19.6 Å². The molecule has 1 fully saturated rings. The molecule has 1 unspecified atom stereocenters. The van der Waals surface area contributed by atoms with Crippen LogP contribution in [0.2, 0.25) is 0 Å². The average Bonchev–Trinajstić information content (AvgIpc) is 3.20. The van der Waals surface area contributed by atoms with E-state index in [2.05, 4.69) is 109 Å². The minimum Gasteiger partial charge on any atom is -0.303 e. The minimum absolute atomic E-state index is 0. The molecule has 0 aromatic heterocycles. The van der Waals surface area contributed by atoms with Gasteiger partial charge in [-0.15, -0.1) is 12.4 Å². The van der Waals surface area contributed by atoms with Gasteiger partial charge in [-0.05, 0) is 72.0 Å². The molecule has 0 N–H and O–H groups in total. The summed E-state index contributed by atoms with van der Waals surface area (Å²) in [6.45, 7) is 5.53. The van der Waals surface area contributed by atoms with Gasteiger partial charge in [0.1, 0.15) is 0 Å². The van der Waals surface area contributed by atoms with Crippen LogP contribution < -0.4 is 0 Å². The highest BCUT2D eigenvalue weighted by Gasteiger charge is 2.32. The van der Waals surface area contributed by atoms with Crippen LogP contribution in [0.5, 0.6) is 0 Å². The van der Waals surface area contributed by atoms with Gasteiger partial charge in [-0.3, -0.25) is 0 Å². The van der Waals surface area contributed by atoms with Gasteiger partial charge in [-0.1, -0.05) is 142 Å². The van der Waals surface area contributed by atoms with E-state index in [9.17, 15) is 5.26 Å². The molecule has 0 spiro atoms. The number of hydrogen-bond donors (Lipinski definition) is 0. The quantitative estimate of drug-likeness (QED) is 0.156. The monoisotopic (exact) mass is 578 g/mol. The largest absolute Gasteiger partial charge is 0.303 e. The van der Waals surface area contributed by atoms with Crippen LogP contribution in [-0.4, -0.2) is 24.5 Å². The maximum absolute atomic E-state index is 10.5. The van der Waals surface area contributed by atoms with Crippen molar-refractivity contribution in [3.8, 4) is 6.07 Å². The average molecular weight is 579 g/mol. The van der Waals surface area contributed by atoms with Gasteiger partial charge in [-0.2, -0.15) is 5.26 Å². The summed E-state index contributed by atoms with van der Waals surface area (Å²) in [5.41, 5.74) is 9.25. The molecule has 0 saturated carbocycles. The highest BCUT2D eigenvalue weighted by Crippen LogP contribution is 2.39. The number of halogens is 1. The SMILES string of the molecule is CCCCCCCCC(C#N)(CCCN1CCC(=C2c3ccccc3C=Cc3ccccc32)CC1)c1ccccc1.Cl. The Kier molecular flexibility index (Phi) is 12.1. The fourth-order valence-electron chi connectivity index (χ4n) is 6.90. The van der Waals surface area contributed by atoms with E-state index >= 15 is 0 Å². The zero-order valence-electron chi connectivity index (χ0n) is 25.4. The first-order chi connectivity index (χ1) is 20.2. The van der Waals surface area contributed by atoms with Crippen molar-refractivity contribution in [2.24, 2.45) is 0 Å². The van der Waals surface area contributed by atoms with Gasteiger partial charge in [0.2, 0.25) is 0 Å². The normalized spacial score (nSPS) is 16.0. The summed E-state index contributed by atoms with van der Waals surface area (Å²) < 4.78 is 0. The molecule has 0 radical (unpaired) electrons. The van der Waals surface area contributed by atoms with Crippen LogP contribution in [0.4, 0.5) is 0 Å². The fraction of sp³-hybridized carbons (Fsp3) is 0.410. The van der Waals surface area contributed by atoms with Crippen molar-refractivity contribution >= 4 is 30.1 Å². The number of nitrogens with zero attached hydrogens (tertiary/aromatic N) is 2. The number of likely N-dealkylation sites (tertiary alicyclic amines) is 1. The Balaban J connectivity index is 0.00000405. The zero-order chi connectivity index (χ0) is 28.3. The highest BCUT2D eigenvalue weighted by atomic mass is 35.5. The van der Waals surface area contributed by atoms with Gasteiger partial charge in [0.25, 0.3) is 0 Å². The van der Waals surface area contributed by atoms with Gasteiger partial charge in [0, 0.05) is 13.1 Å². The number of fused-ring (bicyclic) bond motifs is 2. The minimum atomic E-state index is -0.365. The van der Waals surface area contributed by atoms with Gasteiger partial charge in [0.05, 0.1) is 11.5 Å². The maximum atomic E-state index is 10.5. The Morgan fingerprint density at radius 2 is 1.24 bits per heavy atom. The molecular weight excluding hydrogens is 532 g/mol. The molecule has 0 amide bonds. The summed E-state index contributed by atoms with van der Waals surface area (Å²) in [7, 11) is 0. The fourth-order valence-corrected chi connectivity index (χ4v) is 6.90. The van der Waals surface area contributed by atoms with E-state index in [-0.39, 0.29) is 17.8 Å². The van der Waals surface area contributed by atoms with Gasteiger partial charge in [-0.25, -0.2) is 0 Å². The van der Waals surface area contributed by atoms with E-state index in [4.69, 9.17) is 0 Å². The predicted molar refractivity (Wildman–Crippen MR) is 182 cm³/mol. The first-order valence-corrected chi connectivity index (χ1v) is 16.0. The van der Waals surface area contributed by atoms with Crippen LogP contribution in [-0.2, 0) is 5.41 Å². The van der Waals surface area contributed by atoms with E-state index in [0.29, 0.717) is 0 Å². The van der Waals surface area contributed by atoms with E-state index in [1.165, 1.54) is 65.5 Å². The Bertz CT molecular complexity index is 1320. The number of hydrogen-bond acceptors (Lipinski definition) is 2. The number of unbranched alkanes of at least 4 members (excludes halogenated alkanes) is 5. The van der Waals surface area contributed by atoms with Crippen molar-refractivity contribution in [3.63, 3.8) is 0 Å². The van der Waals surface area contributed by atoms with E-state index in [0.717, 1.165) is 58.2 Å². The van der Waals surface area contributed by atoms with Crippen LogP contribution in [0, 0.1) is 11.3 Å². The van der Waals surface area contributed by atoms with Crippen LogP contribution in [0.3, 0.4) is 0 Å². The summed E-state index contributed by atoms with van der Waals surface area (Å²) >= 11 is 0. The number of rotatable bonds is 12. The molecule has 42 heavy (non-hydrogen) atoms. The van der Waals surface area contributed by atoms with E-state index in [1.54, 1.807) is 5.57 Å². The third-order valence-corrected chi connectivity index (χ3v) is 9.29. The van der Waals surface area contributed by atoms with Gasteiger partial charge >= 0.3 is 0 Å². The lowest BCUT2D eigenvalue weighted by Crippen LogP contribution is -2.33. The second kappa shape index (κ2) is 15.9. The Hall–Kier alpha value is -3.12. The summed E-state index contributed by atoms with van der Waals surface area (Å²) in [5, 5.41) is 10.5. The third kappa shape index (κ3) is 7.63. The smallest absolute Gasteiger partial charge is 0.0822 e. The lowest BCUT2D eigenvalue weighted by atomic mass is 9.74. The lowest BCUT2D eigenvalue weighted by Gasteiger charge is -2.32. The van der Waals surface area contributed by atoms with E-state index < -0.39 is 0 Å². The van der Waals surface area contributed by atoms with Crippen molar-refractivity contribution in [3.05, 3.63) is 112 Å². The first kappa shape index (κ1) is 31.8. The van der Waals surface area contributed by atoms with Crippen LogP contribution >= 0.6 is 12.4 Å². The molecule has 3 aromatic rings. The standard InChI is InChI=1S/C39H46N2.ClH/c1-2-3-4-5-6-14-26-39(31-40,35-18-8-7-9-19-35)27-15-28-41-29-24-34(25-30-41)38-36-20-12-10-16-32(36)22-23-33-17-11-13-21-37(33)38;/h7-13,16-23H,2-6,14-15,24-30H2,1H3;1H. The highest BCUT2D eigenvalue weighted by molar-refractivity contribution is 5.94. The van der Waals surface area contributed by atoms with Gasteiger partial charge < -0.3 is 4.90 Å². The van der Waals surface area contributed by atoms with Crippen LogP contribution in [0.25, 0.3) is 17.7 Å². The number of nitriles is 1. The maximum Gasteiger partial charge on any atom is 0.0822 e. The molecule has 1 aliphatic heterocycles. The van der Waals surface area contributed by atoms with Crippen molar-refractivity contribution < 1.29 is 0 Å². The molecule has 220 valence electrons. The molecule has 3 aromatic carbocycles. The topological polar surface area (TPSA) is 27.0 Å². The summed E-state index contributed by atoms with van der Waals surface area (Å²) in [6.07, 6.45) is 17.4. The zero-order valence-corrected chi connectivity index (χ0v) is 26.2. The van der Waals surface area contributed by atoms with Crippen molar-refractivity contribution in [1.29, 1.82) is 5.26 Å². The second-order valence-corrected chi connectivity index (χ2v) is 12.0. The number of piperidine rings is 1. The Morgan fingerprint density at radius 1 is 0.690 bits per heavy atom. The predicted octanol–water partition coefficient (Wildman–Crippen LogP) is 10.5. The molecule has 0 bridgehead atoms. The van der Waals surface area contributed by atoms with Crippen LogP contribution in [0.1, 0.15) is 105 Å². The molecule has 1 heterocycles. The van der Waals surface area contributed by atoms with Crippen molar-refractivity contribution in [1.82, 2.24) is 4.90 Å². The molecule has 5 rings (SSSR count). The summed E-state index contributed by atoms with van der Waals surface area (Å²) in [6, 6.07) is 31.2. The molecule has 2 nitrogen and oxygen atoms in total. The van der Waals surface area contributed by atoms with Crippen LogP contribution in [0.15, 0.2) is 84.4 Å². The van der Waals surface area contributed by atoms with Gasteiger partial charge in [0.15, 0.2) is 0 Å². The Morgan fingerprint density at radius 3 is 1.86 bits per heavy atom. The molecule has 2 aliphatic rings. The molecule has 1 aliphatic carbocycles. The molecule has 3 heteroatoms. The van der Waals surface area contributed by atoms with E-state index in [1.807, 2.05) is 0 Å².